The Bertz CT molecular complexity index is 104. The molecule has 0 radical (unpaired) electrons. The lowest BCUT2D eigenvalue weighted by Crippen LogP contribution is -2.39. The van der Waals surface area contributed by atoms with Crippen LogP contribution >= 0.6 is 0 Å². The molecule has 1 rings (SSSR count). The van der Waals surface area contributed by atoms with Gasteiger partial charge < -0.3 is 4.90 Å². The molecule has 0 spiro atoms. The summed E-state index contributed by atoms with van der Waals surface area (Å²) >= 11 is 0. The van der Waals surface area contributed by atoms with Gasteiger partial charge in [-0.1, -0.05) is 27.7 Å². The Labute approximate surface area is 84.5 Å². The Hall–Kier alpha value is -0.0400. The van der Waals surface area contributed by atoms with Crippen LogP contribution in [0.5, 0.6) is 0 Å². The van der Waals surface area contributed by atoms with Gasteiger partial charge in [0.2, 0.25) is 0 Å². The van der Waals surface area contributed by atoms with Crippen molar-refractivity contribution in [1.29, 1.82) is 0 Å². The first-order valence-corrected chi connectivity index (χ1v) is 5.98. The molecule has 1 unspecified atom stereocenters. The third-order valence-corrected chi connectivity index (χ3v) is 3.03. The van der Waals surface area contributed by atoms with E-state index >= 15 is 0 Å². The number of hydrogen-bond acceptors (Lipinski definition) is 1. The molecule has 0 aromatic heterocycles. The van der Waals surface area contributed by atoms with Crippen molar-refractivity contribution in [3.8, 4) is 0 Å². The summed E-state index contributed by atoms with van der Waals surface area (Å²) in [6.07, 6.45) is 4.11. The lowest BCUT2D eigenvalue weighted by atomic mass is 9.98. The quantitative estimate of drug-likeness (QED) is 0.636. The Morgan fingerprint density at radius 2 is 1.69 bits per heavy atom. The largest absolute Gasteiger partial charge is 0.301 e. The molecule has 0 amide bonds. The summed E-state index contributed by atoms with van der Waals surface area (Å²) in [5.74, 6) is 0.968. The molecule has 1 heterocycles. The molecule has 0 aromatic rings. The van der Waals surface area contributed by atoms with E-state index in [1.807, 2.05) is 13.8 Å². The molecule has 1 aliphatic rings. The minimum Gasteiger partial charge on any atom is -0.301 e. The average Bonchev–Trinajstić information content (AvgIpc) is 2.21. The van der Waals surface area contributed by atoms with Gasteiger partial charge in [-0.25, -0.2) is 0 Å². The van der Waals surface area contributed by atoms with Gasteiger partial charge in [0, 0.05) is 6.04 Å². The highest BCUT2D eigenvalue weighted by atomic mass is 15.1. The number of rotatable bonds is 2. The molecule has 1 aliphatic heterocycles. The van der Waals surface area contributed by atoms with Crippen LogP contribution < -0.4 is 0 Å². The molecular weight excluding hydrogens is 158 g/mol. The maximum absolute atomic E-state index is 2.62. The van der Waals surface area contributed by atoms with E-state index in [1.165, 1.54) is 32.4 Å². The van der Waals surface area contributed by atoms with E-state index in [1.54, 1.807) is 0 Å². The van der Waals surface area contributed by atoms with Crippen LogP contribution in [0.4, 0.5) is 0 Å². The first-order chi connectivity index (χ1) is 6.24. The average molecular weight is 185 g/mol. The highest BCUT2D eigenvalue weighted by molar-refractivity contribution is 4.73. The Balaban J connectivity index is 0.000000671. The molecule has 1 nitrogen and oxygen atoms in total. The van der Waals surface area contributed by atoms with Crippen LogP contribution in [0.1, 0.15) is 53.9 Å². The van der Waals surface area contributed by atoms with E-state index in [4.69, 9.17) is 0 Å². The fraction of sp³-hybridized carbons (Fsp3) is 1.00. The summed E-state index contributed by atoms with van der Waals surface area (Å²) in [5, 5.41) is 0. The summed E-state index contributed by atoms with van der Waals surface area (Å²) in [7, 11) is 0. The summed E-state index contributed by atoms with van der Waals surface area (Å²) in [6, 6.07) is 0.808. The molecule has 1 saturated heterocycles. The molecule has 80 valence electrons. The number of likely N-dealkylation sites (tertiary alicyclic amines) is 1. The fourth-order valence-electron chi connectivity index (χ4n) is 1.73. The van der Waals surface area contributed by atoms with Crippen molar-refractivity contribution in [2.24, 2.45) is 5.92 Å². The van der Waals surface area contributed by atoms with Crippen molar-refractivity contribution < 1.29 is 0 Å². The summed E-state index contributed by atoms with van der Waals surface area (Å²) in [6.45, 7) is 13.7. The molecule has 1 fully saturated rings. The van der Waals surface area contributed by atoms with Gasteiger partial charge in [-0.15, -0.1) is 0 Å². The van der Waals surface area contributed by atoms with Crippen LogP contribution in [0.15, 0.2) is 0 Å². The minimum absolute atomic E-state index is 0.808. The zero-order valence-corrected chi connectivity index (χ0v) is 10.1. The third kappa shape index (κ3) is 4.66. The molecule has 13 heavy (non-hydrogen) atoms. The van der Waals surface area contributed by atoms with Crippen LogP contribution in [0.3, 0.4) is 0 Å². The van der Waals surface area contributed by atoms with Gasteiger partial charge >= 0.3 is 0 Å². The van der Waals surface area contributed by atoms with E-state index in [9.17, 15) is 0 Å². The Kier molecular flexibility index (Phi) is 7.35. The van der Waals surface area contributed by atoms with E-state index in [2.05, 4.69) is 25.7 Å². The second-order valence-corrected chi connectivity index (χ2v) is 3.98. The number of nitrogens with zero attached hydrogens (tertiary/aromatic N) is 1. The predicted molar refractivity (Wildman–Crippen MR) is 61.1 cm³/mol. The van der Waals surface area contributed by atoms with Crippen LogP contribution in [0.25, 0.3) is 0 Å². The van der Waals surface area contributed by atoms with E-state index in [0.717, 1.165) is 12.0 Å². The second-order valence-electron chi connectivity index (χ2n) is 3.98. The highest BCUT2D eigenvalue weighted by Gasteiger charge is 2.18. The normalized spacial score (nSPS) is 21.9. The standard InChI is InChI=1S/C10H21N.C2H6/c1-4-10(3)11-7-5-9(2)6-8-11;1-2/h9-10H,4-8H2,1-3H3;1-2H3. The maximum atomic E-state index is 2.62. The van der Waals surface area contributed by atoms with Crippen LogP contribution in [-0.2, 0) is 0 Å². The van der Waals surface area contributed by atoms with E-state index in [0.29, 0.717) is 0 Å². The lowest BCUT2D eigenvalue weighted by molar-refractivity contribution is 0.144. The van der Waals surface area contributed by atoms with Gasteiger partial charge in [-0.05, 0) is 45.2 Å². The first kappa shape index (κ1) is 13.0. The topological polar surface area (TPSA) is 3.24 Å². The van der Waals surface area contributed by atoms with Crippen molar-refractivity contribution in [2.45, 2.75) is 59.9 Å². The molecule has 0 aliphatic carbocycles. The molecule has 0 saturated carbocycles. The monoisotopic (exact) mass is 185 g/mol. The maximum Gasteiger partial charge on any atom is 0.00643 e. The Morgan fingerprint density at radius 1 is 1.23 bits per heavy atom. The zero-order chi connectivity index (χ0) is 10.3. The minimum atomic E-state index is 0.808. The molecule has 0 N–H and O–H groups in total. The number of piperidine rings is 1. The van der Waals surface area contributed by atoms with Gasteiger partial charge in [-0.3, -0.25) is 0 Å². The molecule has 0 aromatic carbocycles. The van der Waals surface area contributed by atoms with Gasteiger partial charge in [0.25, 0.3) is 0 Å². The molecule has 1 heteroatoms. The van der Waals surface area contributed by atoms with Gasteiger partial charge in [0.15, 0.2) is 0 Å². The molecular formula is C12H27N. The fourth-order valence-corrected chi connectivity index (χ4v) is 1.73. The van der Waals surface area contributed by atoms with Crippen molar-refractivity contribution in [3.05, 3.63) is 0 Å². The third-order valence-electron chi connectivity index (χ3n) is 3.03. The predicted octanol–water partition coefficient (Wildman–Crippen LogP) is 3.54. The van der Waals surface area contributed by atoms with Gasteiger partial charge in [0.05, 0.1) is 0 Å². The summed E-state index contributed by atoms with van der Waals surface area (Å²) in [4.78, 5) is 2.62. The van der Waals surface area contributed by atoms with Gasteiger partial charge in [-0.2, -0.15) is 0 Å². The molecule has 0 bridgehead atoms. The van der Waals surface area contributed by atoms with E-state index in [-0.39, 0.29) is 0 Å². The molecule has 1 atom stereocenters. The van der Waals surface area contributed by atoms with E-state index < -0.39 is 0 Å². The summed E-state index contributed by atoms with van der Waals surface area (Å²) < 4.78 is 0. The Morgan fingerprint density at radius 3 is 2.08 bits per heavy atom. The summed E-state index contributed by atoms with van der Waals surface area (Å²) in [5.41, 5.74) is 0. The van der Waals surface area contributed by atoms with Crippen LogP contribution in [0, 0.1) is 5.92 Å². The lowest BCUT2D eigenvalue weighted by Gasteiger charge is -2.34. The van der Waals surface area contributed by atoms with Gasteiger partial charge in [0.1, 0.15) is 0 Å². The van der Waals surface area contributed by atoms with Crippen LogP contribution in [-0.4, -0.2) is 24.0 Å². The van der Waals surface area contributed by atoms with Crippen molar-refractivity contribution in [3.63, 3.8) is 0 Å². The van der Waals surface area contributed by atoms with Crippen LogP contribution in [0.2, 0.25) is 0 Å². The highest BCUT2D eigenvalue weighted by Crippen LogP contribution is 2.18. The number of hydrogen-bond donors (Lipinski definition) is 0. The SMILES string of the molecule is CC.CCC(C)N1CCC(C)CC1. The second kappa shape index (κ2) is 7.37. The zero-order valence-electron chi connectivity index (χ0n) is 10.1. The van der Waals surface area contributed by atoms with Crippen molar-refractivity contribution >= 4 is 0 Å². The van der Waals surface area contributed by atoms with Crippen molar-refractivity contribution in [1.82, 2.24) is 4.90 Å². The first-order valence-electron chi connectivity index (χ1n) is 5.98. The smallest absolute Gasteiger partial charge is 0.00643 e. The van der Waals surface area contributed by atoms with Crippen molar-refractivity contribution in [2.75, 3.05) is 13.1 Å².